The average molecular weight is 390 g/mol. The van der Waals surface area contributed by atoms with Crippen LogP contribution in [0.1, 0.15) is 5.56 Å². The smallest absolute Gasteiger partial charge is 0.444 e. The first-order valence-electron chi connectivity index (χ1n) is 6.99. The Kier molecular flexibility index (Phi) is 5.66. The number of fused-ring (bicyclic) bond motifs is 2. The molecule has 0 fully saturated rings. The molecule has 0 atom stereocenters. The van der Waals surface area contributed by atoms with E-state index in [-0.39, 0.29) is 34.6 Å². The second-order valence-electron chi connectivity index (χ2n) is 4.98. The number of aromatic nitrogens is 1. The van der Waals surface area contributed by atoms with Gasteiger partial charge in [-0.05, 0) is 12.1 Å². The molecule has 8 nitrogen and oxygen atoms in total. The number of hydrogen-bond donors (Lipinski definition) is 3. The molecule has 4 rings (SSSR count). The minimum absolute atomic E-state index is 0. The van der Waals surface area contributed by atoms with Crippen molar-refractivity contribution >= 4 is 33.9 Å². The zero-order chi connectivity index (χ0) is 17.1. The van der Waals surface area contributed by atoms with Crippen LogP contribution in [0.5, 0.6) is 5.88 Å². The molecule has 3 aromatic rings. The summed E-state index contributed by atoms with van der Waals surface area (Å²) in [6, 6.07) is 14.4. The minimum Gasteiger partial charge on any atom is -0.791 e. The van der Waals surface area contributed by atoms with Crippen LogP contribution in [0.2, 0.25) is 0 Å². The number of carbonyl (C=O) groups excluding carboxylic acids is 1. The van der Waals surface area contributed by atoms with Gasteiger partial charge in [-0.2, -0.15) is 0 Å². The summed E-state index contributed by atoms with van der Waals surface area (Å²) in [6.45, 7) is 0. The van der Waals surface area contributed by atoms with E-state index in [1.54, 1.807) is 29.7 Å². The maximum absolute atomic E-state index is 10.4. The van der Waals surface area contributed by atoms with E-state index in [2.05, 4.69) is 15.5 Å². The molecule has 6 N–H and O–H groups in total. The first kappa shape index (κ1) is 18.3. The van der Waals surface area contributed by atoms with E-state index in [0.29, 0.717) is 16.9 Å². The molecule has 0 spiro atoms. The van der Waals surface area contributed by atoms with E-state index in [4.69, 9.17) is 5.11 Å². The van der Waals surface area contributed by atoms with Crippen LogP contribution in [0, 0.1) is 10.4 Å². The Morgan fingerprint density at radius 1 is 1.08 bits per heavy atom. The normalized spacial score (nSPS) is 13.5. The molecule has 2 heterocycles. The largest absolute Gasteiger partial charge is 0.791 e. The number of amides is 1. The van der Waals surface area contributed by atoms with Crippen LogP contribution in [0.4, 0.5) is 11.4 Å². The van der Waals surface area contributed by atoms with Crippen LogP contribution < -0.4 is 10.8 Å². The van der Waals surface area contributed by atoms with Crippen molar-refractivity contribution in [1.29, 1.82) is 0 Å². The van der Waals surface area contributed by atoms with Gasteiger partial charge in [-0.15, -0.1) is 0 Å². The van der Waals surface area contributed by atoms with Gasteiger partial charge in [0, 0.05) is 28.0 Å². The summed E-state index contributed by atoms with van der Waals surface area (Å²) in [6.07, 6.45) is 0. The van der Waals surface area contributed by atoms with E-state index >= 15 is 0 Å². The van der Waals surface area contributed by atoms with Crippen LogP contribution in [0.25, 0.3) is 10.9 Å². The molecule has 2 aromatic carbocycles. The van der Waals surface area contributed by atoms with Crippen molar-refractivity contribution in [2.24, 2.45) is 5.16 Å². The Balaban J connectivity index is 0.000000173. The Hall–Kier alpha value is -3.00. The standard InChI is InChI=1S/C8H7N2O2.C8H6N2O2.Cu/c2*11-8-7(10-12)5-3-1-2-4-6(5)9-8;/h1-4,9-11H;1-4,12H,(H,9,10,11);/q-1;;/p+1. The molecular weight excluding hydrogens is 376 g/mol. The van der Waals surface area contributed by atoms with Crippen LogP contribution in [-0.2, 0) is 17.1 Å². The topological polar surface area (TPSA) is 143 Å². The van der Waals surface area contributed by atoms with Gasteiger partial charge in [0.25, 0.3) is 0 Å². The summed E-state index contributed by atoms with van der Waals surface area (Å²) >= 11 is 0. The average Bonchev–Trinajstić information content (AvgIpc) is 3.09. The molecule has 1 amide bonds. The fraction of sp³-hybridized carbons (Fsp3) is 0. The maximum Gasteiger partial charge on any atom is 0.444 e. The van der Waals surface area contributed by atoms with Gasteiger partial charge in [0.05, 0.1) is 11.2 Å². The number of hydrogen-bond acceptors (Lipinski definition) is 4. The first-order valence-corrected chi connectivity index (χ1v) is 6.99. The van der Waals surface area contributed by atoms with E-state index in [9.17, 15) is 15.2 Å². The summed E-state index contributed by atoms with van der Waals surface area (Å²) in [5, 5.41) is 34.2. The second kappa shape index (κ2) is 7.71. The van der Waals surface area contributed by atoms with E-state index < -0.39 is 0 Å². The molecule has 9 heteroatoms. The van der Waals surface area contributed by atoms with Gasteiger partial charge in [0.2, 0.25) is 0 Å². The number of nitrogens with one attached hydrogen (secondary N) is 3. The van der Waals surface area contributed by atoms with Gasteiger partial charge >= 0.3 is 11.8 Å². The van der Waals surface area contributed by atoms with Gasteiger partial charge in [-0.25, -0.2) is 0 Å². The van der Waals surface area contributed by atoms with E-state index in [1.165, 1.54) is 0 Å². The molecule has 1 radical (unpaired) electrons. The fourth-order valence-corrected chi connectivity index (χ4v) is 2.45. The van der Waals surface area contributed by atoms with Crippen molar-refractivity contribution in [1.82, 2.24) is 4.98 Å². The van der Waals surface area contributed by atoms with Crippen LogP contribution in [0.15, 0.2) is 53.7 Å². The van der Waals surface area contributed by atoms with Crippen molar-refractivity contribution in [3.05, 3.63) is 64.5 Å². The molecule has 133 valence electrons. The molecule has 1 aromatic heterocycles. The summed E-state index contributed by atoms with van der Waals surface area (Å²) in [5.74, 6) is -0.0441. The van der Waals surface area contributed by atoms with Gasteiger partial charge < -0.3 is 26.2 Å². The predicted molar refractivity (Wildman–Crippen MR) is 95.3 cm³/mol. The Bertz CT molecular complexity index is 939. The third kappa shape index (κ3) is 3.43. The van der Waals surface area contributed by atoms with Crippen molar-refractivity contribution in [2.75, 3.05) is 10.8 Å². The van der Waals surface area contributed by atoms with Crippen molar-refractivity contribution in [2.45, 2.75) is 0 Å². The molecule has 0 unspecified atom stereocenters. The number of para-hydroxylation sites is 2. The Morgan fingerprint density at radius 3 is 2.48 bits per heavy atom. The minimum atomic E-state index is -0.175. The predicted octanol–water partition coefficient (Wildman–Crippen LogP) is 2.41. The summed E-state index contributed by atoms with van der Waals surface area (Å²) < 4.78 is 0. The van der Waals surface area contributed by atoms with Crippen molar-refractivity contribution < 1.29 is 27.0 Å². The summed E-state index contributed by atoms with van der Waals surface area (Å²) in [4.78, 5) is 12.0. The Labute approximate surface area is 152 Å². The molecule has 0 saturated carbocycles. The number of H-pyrrole nitrogens is 1. The van der Waals surface area contributed by atoms with Gasteiger partial charge in [-0.3, -0.25) is 15.1 Å². The first-order chi connectivity index (χ1) is 11.7. The molecule has 0 saturated heterocycles. The molecule has 25 heavy (non-hydrogen) atoms. The van der Waals surface area contributed by atoms with Crippen LogP contribution >= 0.6 is 0 Å². The quantitative estimate of drug-likeness (QED) is 0.334. The molecule has 0 bridgehead atoms. The van der Waals surface area contributed by atoms with Crippen molar-refractivity contribution in [3.8, 4) is 5.88 Å². The summed E-state index contributed by atoms with van der Waals surface area (Å²) in [7, 11) is 0. The SMILES string of the molecule is [Cu].[O-]N=C1C(=[OH+])Nc2ccccc21.[O-]Nc1c([OH2+])[nH]c2ccccc12. The van der Waals surface area contributed by atoms with Crippen molar-refractivity contribution in [3.63, 3.8) is 0 Å². The third-order valence-corrected chi connectivity index (χ3v) is 3.56. The van der Waals surface area contributed by atoms with Gasteiger partial charge in [0.1, 0.15) is 0 Å². The molecule has 0 aliphatic carbocycles. The third-order valence-electron chi connectivity index (χ3n) is 3.56. The number of rotatable bonds is 1. The molecule has 1 aliphatic rings. The number of benzene rings is 2. The van der Waals surface area contributed by atoms with Crippen LogP contribution in [0.3, 0.4) is 0 Å². The van der Waals surface area contributed by atoms with Crippen LogP contribution in [-0.4, -0.2) is 26.5 Å². The molecular formula is C16H14CuN4O4. The number of aromatic amines is 1. The zero-order valence-corrected chi connectivity index (χ0v) is 13.6. The van der Waals surface area contributed by atoms with E-state index in [1.807, 2.05) is 24.3 Å². The Morgan fingerprint density at radius 2 is 1.76 bits per heavy atom. The van der Waals surface area contributed by atoms with Gasteiger partial charge in [-0.1, -0.05) is 36.4 Å². The fourth-order valence-electron chi connectivity index (χ4n) is 2.45. The monoisotopic (exact) mass is 389 g/mol. The zero-order valence-electron chi connectivity index (χ0n) is 12.6. The molecule has 1 aliphatic heterocycles. The van der Waals surface area contributed by atoms with E-state index in [0.717, 1.165) is 10.9 Å². The second-order valence-corrected chi connectivity index (χ2v) is 4.98. The van der Waals surface area contributed by atoms with Gasteiger partial charge in [0.15, 0.2) is 11.4 Å². The maximum atomic E-state index is 10.4. The number of anilines is 2. The summed E-state index contributed by atoms with van der Waals surface area (Å²) in [5.41, 5.74) is 4.30. The number of nitrogens with zero attached hydrogens (tertiary/aromatic N) is 1.